The summed E-state index contributed by atoms with van der Waals surface area (Å²) in [5, 5.41) is 4.70. The van der Waals surface area contributed by atoms with Gasteiger partial charge in [0.25, 0.3) is 0 Å². The summed E-state index contributed by atoms with van der Waals surface area (Å²) in [6.45, 7) is 3.50. The SMILES string of the molecule is C=C1[N-]c2ccccc2C(=O)N1[NH-].[Li+].[Li+]. The zero-order valence-corrected chi connectivity index (χ0v) is 8.82. The summed E-state index contributed by atoms with van der Waals surface area (Å²) in [7, 11) is 0. The van der Waals surface area contributed by atoms with Gasteiger partial charge < -0.3 is 16.2 Å². The average Bonchev–Trinajstić information content (AvgIpc) is 2.15. The molecule has 1 heterocycles. The fraction of sp³-hybridized carbons (Fsp3) is 0. The second kappa shape index (κ2) is 5.46. The number of benzene rings is 1. The monoisotopic (exact) mass is 187 g/mol. The summed E-state index contributed by atoms with van der Waals surface area (Å²) in [6, 6.07) is 6.91. The van der Waals surface area contributed by atoms with Crippen LogP contribution in [0.3, 0.4) is 0 Å². The van der Waals surface area contributed by atoms with Crippen LogP contribution in [0.2, 0.25) is 0 Å². The molecule has 1 aromatic rings. The van der Waals surface area contributed by atoms with Gasteiger partial charge in [-0.05, 0) is 5.69 Å². The van der Waals surface area contributed by atoms with Gasteiger partial charge in [0.1, 0.15) is 0 Å². The molecule has 66 valence electrons. The number of carbonyl (C=O) groups is 1. The Hall–Kier alpha value is -0.615. The molecule has 0 unspecified atom stereocenters. The molecular formula is C9H7Li2N3O. The van der Waals surface area contributed by atoms with Crippen molar-refractivity contribution in [3.05, 3.63) is 53.4 Å². The average molecular weight is 187 g/mol. The molecule has 0 bridgehead atoms. The molecule has 2 rings (SSSR count). The summed E-state index contributed by atoms with van der Waals surface area (Å²) >= 11 is 0. The van der Waals surface area contributed by atoms with Gasteiger partial charge in [0.15, 0.2) is 5.91 Å². The van der Waals surface area contributed by atoms with Gasteiger partial charge in [-0.15, -0.1) is 6.58 Å². The molecule has 15 heavy (non-hydrogen) atoms. The maximum Gasteiger partial charge on any atom is 1.00 e. The number of hydrogen-bond donors (Lipinski definition) is 0. The quantitative estimate of drug-likeness (QED) is 0.390. The number of fused-ring (bicyclic) bond motifs is 1. The van der Waals surface area contributed by atoms with Gasteiger partial charge in [-0.25, -0.2) is 0 Å². The van der Waals surface area contributed by atoms with Crippen molar-refractivity contribution in [2.45, 2.75) is 0 Å². The number of nitrogens with zero attached hydrogens (tertiary/aromatic N) is 2. The Bertz CT molecular complexity index is 395. The first-order valence-corrected chi connectivity index (χ1v) is 3.75. The van der Waals surface area contributed by atoms with Crippen LogP contribution in [0.4, 0.5) is 5.69 Å². The second-order valence-electron chi connectivity index (χ2n) is 2.69. The van der Waals surface area contributed by atoms with Gasteiger partial charge in [-0.3, -0.25) is 4.79 Å². The van der Waals surface area contributed by atoms with E-state index in [9.17, 15) is 4.79 Å². The van der Waals surface area contributed by atoms with Crippen LogP contribution < -0.4 is 37.7 Å². The van der Waals surface area contributed by atoms with Gasteiger partial charge in [0, 0.05) is 5.56 Å². The fourth-order valence-corrected chi connectivity index (χ4v) is 1.18. The molecule has 0 saturated carbocycles. The van der Waals surface area contributed by atoms with Gasteiger partial charge >= 0.3 is 37.7 Å². The summed E-state index contributed by atoms with van der Waals surface area (Å²) in [5.74, 6) is 7.08. The number of amides is 1. The largest absolute Gasteiger partial charge is 1.00 e. The Morgan fingerprint density at radius 2 is 1.87 bits per heavy atom. The summed E-state index contributed by atoms with van der Waals surface area (Å²) < 4.78 is 0. The van der Waals surface area contributed by atoms with Crippen LogP contribution in [0.25, 0.3) is 11.2 Å². The van der Waals surface area contributed by atoms with E-state index in [1.54, 1.807) is 24.3 Å². The normalized spacial score (nSPS) is 13.3. The van der Waals surface area contributed by atoms with Crippen molar-refractivity contribution in [3.63, 3.8) is 0 Å². The van der Waals surface area contributed by atoms with E-state index >= 15 is 0 Å². The van der Waals surface area contributed by atoms with E-state index in [-0.39, 0.29) is 49.4 Å². The Balaban J connectivity index is 0.000000980. The zero-order chi connectivity index (χ0) is 9.42. The van der Waals surface area contributed by atoms with Crippen LogP contribution >= 0.6 is 0 Å². The molecule has 1 amide bonds. The van der Waals surface area contributed by atoms with E-state index in [1.807, 2.05) is 0 Å². The smallest absolute Gasteiger partial charge is 0.676 e. The first-order valence-electron chi connectivity index (χ1n) is 3.75. The summed E-state index contributed by atoms with van der Waals surface area (Å²) in [5.41, 5.74) is 1.03. The van der Waals surface area contributed by atoms with Crippen molar-refractivity contribution in [1.29, 1.82) is 0 Å². The van der Waals surface area contributed by atoms with Crippen LogP contribution in [0, 0.1) is 0 Å². The minimum absolute atomic E-state index is 0. The van der Waals surface area contributed by atoms with Crippen molar-refractivity contribution < 1.29 is 42.5 Å². The Labute approximate surface area is 112 Å². The Morgan fingerprint density at radius 1 is 1.27 bits per heavy atom. The topological polar surface area (TPSA) is 58.2 Å². The Kier molecular flexibility index (Phi) is 5.24. The van der Waals surface area contributed by atoms with Gasteiger partial charge in [0.05, 0.1) is 0 Å². The number of rotatable bonds is 0. The minimum atomic E-state index is -0.379. The molecule has 0 spiro atoms. The number of hydrogen-bond acceptors (Lipinski definition) is 1. The zero-order valence-electron chi connectivity index (χ0n) is 8.82. The maximum absolute atomic E-state index is 11.4. The second-order valence-corrected chi connectivity index (χ2v) is 2.69. The fourth-order valence-electron chi connectivity index (χ4n) is 1.18. The summed E-state index contributed by atoms with van der Waals surface area (Å²) in [4.78, 5) is 11.4. The number of nitrogens with one attached hydrogen (secondary N) is 1. The molecule has 0 aromatic heterocycles. The maximum atomic E-state index is 11.4. The van der Waals surface area contributed by atoms with Crippen LogP contribution in [0.5, 0.6) is 0 Å². The number of carbonyl (C=O) groups excluding carboxylic acids is 1. The summed E-state index contributed by atoms with van der Waals surface area (Å²) in [6.07, 6.45) is 0. The van der Waals surface area contributed by atoms with E-state index < -0.39 is 0 Å². The van der Waals surface area contributed by atoms with Crippen molar-refractivity contribution in [2.24, 2.45) is 0 Å². The third kappa shape index (κ3) is 2.49. The predicted molar refractivity (Wildman–Crippen MR) is 49.1 cm³/mol. The van der Waals surface area contributed by atoms with Gasteiger partial charge in [-0.2, -0.15) is 0 Å². The van der Waals surface area contributed by atoms with E-state index in [1.165, 1.54) is 0 Å². The first kappa shape index (κ1) is 14.4. The molecule has 1 aliphatic rings. The molecule has 4 nitrogen and oxygen atoms in total. The third-order valence-corrected chi connectivity index (χ3v) is 1.85. The third-order valence-electron chi connectivity index (χ3n) is 1.85. The van der Waals surface area contributed by atoms with Crippen molar-refractivity contribution in [3.8, 4) is 0 Å². The minimum Gasteiger partial charge on any atom is -0.676 e. The van der Waals surface area contributed by atoms with Crippen LogP contribution in [0.1, 0.15) is 10.4 Å². The van der Waals surface area contributed by atoms with E-state index in [4.69, 9.17) is 5.84 Å². The van der Waals surface area contributed by atoms with Crippen molar-refractivity contribution >= 4 is 11.6 Å². The predicted octanol–water partition coefficient (Wildman–Crippen LogP) is -3.41. The molecule has 0 fully saturated rings. The standard InChI is InChI=1S/C9H8N3O.2Li/c1-6-11-8-5-3-2-4-7(8)9(13)12(6)10;;/h2-5,10H,1H2,(H,11,13);;/q-1;2*+1/p-1. The molecule has 0 atom stereocenters. The van der Waals surface area contributed by atoms with Crippen molar-refractivity contribution in [1.82, 2.24) is 5.01 Å². The molecule has 0 radical (unpaired) electrons. The molecular weight excluding hydrogens is 180 g/mol. The van der Waals surface area contributed by atoms with Crippen LogP contribution in [0.15, 0.2) is 36.7 Å². The van der Waals surface area contributed by atoms with Gasteiger partial charge in [-0.1, -0.05) is 30.1 Å². The molecule has 0 saturated heterocycles. The van der Waals surface area contributed by atoms with Crippen LogP contribution in [-0.4, -0.2) is 10.9 Å². The van der Waals surface area contributed by atoms with E-state index in [0.717, 1.165) is 0 Å². The molecule has 1 N–H and O–H groups in total. The van der Waals surface area contributed by atoms with Crippen molar-refractivity contribution in [2.75, 3.05) is 0 Å². The van der Waals surface area contributed by atoms with Crippen LogP contribution in [-0.2, 0) is 0 Å². The molecule has 1 aliphatic heterocycles. The van der Waals surface area contributed by atoms with E-state index in [2.05, 4.69) is 11.9 Å². The Morgan fingerprint density at radius 3 is 2.53 bits per heavy atom. The molecule has 1 aromatic carbocycles. The molecule has 0 aliphatic carbocycles. The first-order chi connectivity index (χ1) is 6.20. The molecule has 6 heteroatoms. The van der Waals surface area contributed by atoms with E-state index in [0.29, 0.717) is 16.3 Å². The number of para-hydroxylation sites is 1. The van der Waals surface area contributed by atoms with Gasteiger partial charge in [0.2, 0.25) is 0 Å².